The third-order valence-corrected chi connectivity index (χ3v) is 6.58. The fourth-order valence-electron chi connectivity index (χ4n) is 4.43. The van der Waals surface area contributed by atoms with Crippen molar-refractivity contribution in [1.29, 1.82) is 0 Å². The highest BCUT2D eigenvalue weighted by molar-refractivity contribution is 6.30. The zero-order valence-corrected chi connectivity index (χ0v) is 19.3. The van der Waals surface area contributed by atoms with Crippen molar-refractivity contribution >= 4 is 23.4 Å². The molecule has 1 unspecified atom stereocenters. The third-order valence-electron chi connectivity index (χ3n) is 6.35. The Morgan fingerprint density at radius 1 is 1.19 bits per heavy atom. The first kappa shape index (κ1) is 22.6. The van der Waals surface area contributed by atoms with E-state index >= 15 is 0 Å². The Bertz CT molecular complexity index is 964. The molecule has 32 heavy (non-hydrogen) atoms. The zero-order valence-electron chi connectivity index (χ0n) is 18.6. The molecule has 2 heterocycles. The van der Waals surface area contributed by atoms with Gasteiger partial charge in [-0.2, -0.15) is 0 Å². The highest BCUT2D eigenvalue weighted by Crippen LogP contribution is 2.28. The van der Waals surface area contributed by atoms with E-state index in [0.29, 0.717) is 16.5 Å². The Kier molecular flexibility index (Phi) is 6.98. The van der Waals surface area contributed by atoms with Crippen molar-refractivity contribution in [2.75, 3.05) is 13.1 Å². The summed E-state index contributed by atoms with van der Waals surface area (Å²) in [6.45, 7) is 5.26. The number of halogens is 1. The average molecular weight is 460 g/mol. The Hall–Kier alpha value is -2.61. The first-order chi connectivity index (χ1) is 15.4. The summed E-state index contributed by atoms with van der Waals surface area (Å²) in [4.78, 5) is 27.0. The quantitative estimate of drug-likeness (QED) is 0.713. The van der Waals surface area contributed by atoms with Crippen molar-refractivity contribution < 1.29 is 14.3 Å². The van der Waals surface area contributed by atoms with Crippen molar-refractivity contribution in [2.45, 2.75) is 70.6 Å². The van der Waals surface area contributed by atoms with Crippen LogP contribution in [-0.4, -0.2) is 56.9 Å². The summed E-state index contributed by atoms with van der Waals surface area (Å²) in [6.07, 6.45) is 6.72. The topological polar surface area (TPSA) is 89.4 Å². The second-order valence-electron chi connectivity index (χ2n) is 8.77. The van der Waals surface area contributed by atoms with Crippen molar-refractivity contribution in [2.24, 2.45) is 0 Å². The van der Waals surface area contributed by atoms with E-state index in [1.807, 2.05) is 22.6 Å². The SMILES string of the molecule is Cc1cc(Cl)ccc1OC(C)C(=O)NC1CCC(n2cc(C(=O)N3CCCC3)nn2)CC1. The fourth-order valence-corrected chi connectivity index (χ4v) is 4.65. The zero-order chi connectivity index (χ0) is 22.7. The second-order valence-corrected chi connectivity index (χ2v) is 9.20. The van der Waals surface area contributed by atoms with Gasteiger partial charge in [0, 0.05) is 24.2 Å². The number of aryl methyl sites for hydroxylation is 1. The maximum atomic E-state index is 12.6. The van der Waals surface area contributed by atoms with Gasteiger partial charge in [-0.25, -0.2) is 4.68 Å². The van der Waals surface area contributed by atoms with Crippen LogP contribution in [0.4, 0.5) is 0 Å². The Morgan fingerprint density at radius 2 is 1.91 bits per heavy atom. The molecule has 1 N–H and O–H groups in total. The number of carbonyl (C=O) groups excluding carboxylic acids is 2. The molecule has 9 heteroatoms. The van der Waals surface area contributed by atoms with Crippen LogP contribution >= 0.6 is 11.6 Å². The number of amides is 2. The molecular formula is C23H30ClN5O3. The lowest BCUT2D eigenvalue weighted by molar-refractivity contribution is -0.128. The number of benzene rings is 1. The third kappa shape index (κ3) is 5.23. The van der Waals surface area contributed by atoms with Gasteiger partial charge in [0.1, 0.15) is 5.75 Å². The molecule has 1 aromatic carbocycles. The van der Waals surface area contributed by atoms with Crippen LogP contribution in [0.25, 0.3) is 0 Å². The molecule has 1 aromatic heterocycles. The summed E-state index contributed by atoms with van der Waals surface area (Å²) in [5.41, 5.74) is 1.32. The number of nitrogens with zero attached hydrogens (tertiary/aromatic N) is 4. The van der Waals surface area contributed by atoms with E-state index in [0.717, 1.165) is 57.2 Å². The van der Waals surface area contributed by atoms with E-state index < -0.39 is 6.10 Å². The lowest BCUT2D eigenvalue weighted by Crippen LogP contribution is -2.44. The van der Waals surface area contributed by atoms with Gasteiger partial charge in [-0.15, -0.1) is 5.10 Å². The van der Waals surface area contributed by atoms with Gasteiger partial charge in [0.25, 0.3) is 11.8 Å². The molecule has 0 radical (unpaired) electrons. The van der Waals surface area contributed by atoms with E-state index in [-0.39, 0.29) is 23.9 Å². The first-order valence-electron chi connectivity index (χ1n) is 11.3. The largest absolute Gasteiger partial charge is 0.481 e. The number of likely N-dealkylation sites (tertiary alicyclic amines) is 1. The number of aromatic nitrogens is 3. The Morgan fingerprint density at radius 3 is 2.59 bits per heavy atom. The van der Waals surface area contributed by atoms with Crippen LogP contribution in [0, 0.1) is 6.92 Å². The summed E-state index contributed by atoms with van der Waals surface area (Å²) in [6, 6.07) is 5.65. The number of ether oxygens (including phenoxy) is 1. The predicted octanol–water partition coefficient (Wildman–Crippen LogP) is 3.54. The summed E-state index contributed by atoms with van der Waals surface area (Å²) < 4.78 is 7.65. The molecule has 1 atom stereocenters. The lowest BCUT2D eigenvalue weighted by atomic mass is 9.91. The van der Waals surface area contributed by atoms with E-state index in [2.05, 4.69) is 15.6 Å². The van der Waals surface area contributed by atoms with Crippen molar-refractivity contribution in [3.8, 4) is 5.75 Å². The molecule has 1 aliphatic heterocycles. The molecule has 4 rings (SSSR count). The molecule has 2 aromatic rings. The molecule has 2 fully saturated rings. The minimum Gasteiger partial charge on any atom is -0.481 e. The minimum atomic E-state index is -0.595. The van der Waals surface area contributed by atoms with E-state index in [9.17, 15) is 9.59 Å². The molecule has 1 saturated carbocycles. The molecular weight excluding hydrogens is 430 g/mol. The number of rotatable bonds is 6. The molecule has 8 nitrogen and oxygen atoms in total. The average Bonchev–Trinajstić information content (AvgIpc) is 3.48. The van der Waals surface area contributed by atoms with Crippen LogP contribution in [0.3, 0.4) is 0 Å². The Balaban J connectivity index is 1.25. The molecule has 1 aliphatic carbocycles. The van der Waals surface area contributed by atoms with Crippen LogP contribution < -0.4 is 10.1 Å². The maximum Gasteiger partial charge on any atom is 0.276 e. The normalized spacial score (nSPS) is 21.9. The van der Waals surface area contributed by atoms with Gasteiger partial charge in [-0.3, -0.25) is 9.59 Å². The Labute approximate surface area is 193 Å². The van der Waals surface area contributed by atoms with Gasteiger partial charge in [-0.1, -0.05) is 16.8 Å². The summed E-state index contributed by atoms with van der Waals surface area (Å²) in [5.74, 6) is 0.507. The number of hydrogen-bond donors (Lipinski definition) is 1. The first-order valence-corrected chi connectivity index (χ1v) is 11.7. The van der Waals surface area contributed by atoms with Crippen molar-refractivity contribution in [1.82, 2.24) is 25.2 Å². The molecule has 2 aliphatic rings. The highest BCUT2D eigenvalue weighted by atomic mass is 35.5. The summed E-state index contributed by atoms with van der Waals surface area (Å²) in [5, 5.41) is 12.1. The smallest absolute Gasteiger partial charge is 0.276 e. The monoisotopic (exact) mass is 459 g/mol. The van der Waals surface area contributed by atoms with E-state index in [1.165, 1.54) is 0 Å². The van der Waals surface area contributed by atoms with E-state index in [4.69, 9.17) is 16.3 Å². The van der Waals surface area contributed by atoms with Gasteiger partial charge in [0.15, 0.2) is 11.8 Å². The van der Waals surface area contributed by atoms with Crippen LogP contribution in [0.1, 0.15) is 67.5 Å². The molecule has 1 saturated heterocycles. The fraction of sp³-hybridized carbons (Fsp3) is 0.565. The molecule has 0 spiro atoms. The summed E-state index contributed by atoms with van der Waals surface area (Å²) >= 11 is 5.98. The molecule has 0 bridgehead atoms. The standard InChI is InChI=1S/C23H30ClN5O3/c1-15-13-17(24)5-10-21(15)32-16(2)22(30)25-18-6-8-19(9-7-18)29-14-20(26-27-29)23(31)28-11-3-4-12-28/h5,10,13-14,16,18-19H,3-4,6-9,11-12H2,1-2H3,(H,25,30). The van der Waals surface area contributed by atoms with Gasteiger partial charge < -0.3 is 15.0 Å². The van der Waals surface area contributed by atoms with Crippen LogP contribution in [-0.2, 0) is 4.79 Å². The van der Waals surface area contributed by atoms with Gasteiger partial charge in [-0.05, 0) is 76.1 Å². The van der Waals surface area contributed by atoms with Crippen LogP contribution in [0.5, 0.6) is 5.75 Å². The second kappa shape index (κ2) is 9.90. The number of hydrogen-bond acceptors (Lipinski definition) is 5. The van der Waals surface area contributed by atoms with Gasteiger partial charge in [0.2, 0.25) is 0 Å². The predicted molar refractivity (Wildman–Crippen MR) is 121 cm³/mol. The minimum absolute atomic E-state index is 0.0281. The van der Waals surface area contributed by atoms with Crippen molar-refractivity contribution in [3.05, 3.63) is 40.7 Å². The van der Waals surface area contributed by atoms with Crippen LogP contribution in [0.15, 0.2) is 24.4 Å². The highest BCUT2D eigenvalue weighted by Gasteiger charge is 2.28. The number of carbonyl (C=O) groups is 2. The van der Waals surface area contributed by atoms with Crippen LogP contribution in [0.2, 0.25) is 5.02 Å². The number of nitrogens with one attached hydrogen (secondary N) is 1. The maximum absolute atomic E-state index is 12.6. The summed E-state index contributed by atoms with van der Waals surface area (Å²) in [7, 11) is 0. The lowest BCUT2D eigenvalue weighted by Gasteiger charge is -2.29. The van der Waals surface area contributed by atoms with Crippen molar-refractivity contribution in [3.63, 3.8) is 0 Å². The van der Waals surface area contributed by atoms with E-state index in [1.54, 1.807) is 25.3 Å². The molecule has 2 amide bonds. The van der Waals surface area contributed by atoms with Gasteiger partial charge in [0.05, 0.1) is 12.2 Å². The van der Waals surface area contributed by atoms with Gasteiger partial charge >= 0.3 is 0 Å². The molecule has 172 valence electrons.